The van der Waals surface area contributed by atoms with Crippen LogP contribution in [0.4, 0.5) is 5.82 Å². The number of benzene rings is 3. The lowest BCUT2D eigenvalue weighted by Crippen LogP contribution is -2.61. The second-order valence-corrected chi connectivity index (χ2v) is 10.4. The summed E-state index contributed by atoms with van der Waals surface area (Å²) in [5.41, 5.74) is -0.466. The van der Waals surface area contributed by atoms with Crippen molar-refractivity contribution in [1.29, 1.82) is 0 Å². The third-order valence-corrected chi connectivity index (χ3v) is 8.01. The van der Waals surface area contributed by atoms with Gasteiger partial charge in [-0.15, -0.1) is 6.42 Å². The number of imidazole rings is 1. The Kier molecular flexibility index (Phi) is 7.39. The van der Waals surface area contributed by atoms with Crippen LogP contribution in [0.1, 0.15) is 33.4 Å². The molecule has 43 heavy (non-hydrogen) atoms. The molecule has 11 nitrogen and oxygen atoms in total. The van der Waals surface area contributed by atoms with Crippen LogP contribution in [-0.4, -0.2) is 68.6 Å². The Bertz CT molecular complexity index is 1600. The molecule has 2 aliphatic rings. The summed E-state index contributed by atoms with van der Waals surface area (Å²) >= 11 is 0. The van der Waals surface area contributed by atoms with Gasteiger partial charge in [-0.05, 0) is 28.8 Å². The van der Waals surface area contributed by atoms with Gasteiger partial charge in [-0.1, -0.05) is 78.7 Å². The van der Waals surface area contributed by atoms with Crippen LogP contribution in [-0.2, 0) is 10.3 Å². The summed E-state index contributed by atoms with van der Waals surface area (Å²) in [5.74, 6) is 2.61. The van der Waals surface area contributed by atoms with Crippen molar-refractivity contribution in [3.05, 3.63) is 114 Å². The number of methoxy groups -OCH3 is 1. The van der Waals surface area contributed by atoms with Crippen molar-refractivity contribution in [2.45, 2.75) is 35.9 Å². The van der Waals surface area contributed by atoms with Crippen LogP contribution < -0.4 is 20.7 Å². The van der Waals surface area contributed by atoms with Gasteiger partial charge in [-0.25, -0.2) is 4.98 Å². The molecule has 1 amide bonds. The van der Waals surface area contributed by atoms with Gasteiger partial charge in [0.1, 0.15) is 23.8 Å². The second-order valence-electron chi connectivity index (χ2n) is 10.4. The van der Waals surface area contributed by atoms with Gasteiger partial charge in [0, 0.05) is 0 Å². The predicted octanol–water partition coefficient (Wildman–Crippen LogP) is 1.53. The summed E-state index contributed by atoms with van der Waals surface area (Å²) in [6.07, 6.45) is 1.99. The van der Waals surface area contributed by atoms with Gasteiger partial charge in [0.2, 0.25) is 0 Å². The lowest BCUT2D eigenvalue weighted by atomic mass is 9.77. The number of aliphatic hydroxyl groups is 3. The molecule has 2 aliphatic heterocycles. The Balaban J connectivity index is 1.45. The van der Waals surface area contributed by atoms with Crippen LogP contribution in [0.15, 0.2) is 91.3 Å². The standard InChI is InChI=1S/C32H31N5O6/c1-3-31(41)26(39)24(18-38)43-29(31)37-19-33-25-27(37)34-30(35-28(25)40)36-32(20-10-6-4-7-11-20,21-12-8-5-9-13-21)22-14-16-23(42-2)17-15-22/h1,4-17,19,24,26,29-30,34,36,38-39,41H,18H2,2H3,(H,35,40)/t24-,26-,29+,30?,31-/m1/s1. The molecule has 4 aromatic rings. The Labute approximate surface area is 248 Å². The molecule has 3 aromatic carbocycles. The number of fused-ring (bicyclic) bond motifs is 1. The fraction of sp³-hybridized carbons (Fsp3) is 0.250. The molecule has 1 saturated heterocycles. The average molecular weight is 582 g/mol. The molecular formula is C32H31N5O6. The summed E-state index contributed by atoms with van der Waals surface area (Å²) < 4.78 is 12.5. The first-order valence-corrected chi connectivity index (χ1v) is 13.7. The van der Waals surface area contributed by atoms with Crippen molar-refractivity contribution in [2.75, 3.05) is 19.0 Å². The summed E-state index contributed by atoms with van der Waals surface area (Å²) in [7, 11) is 1.61. The molecule has 0 radical (unpaired) electrons. The molecule has 0 spiro atoms. The van der Waals surface area contributed by atoms with Gasteiger partial charge in [-0.3, -0.25) is 14.7 Å². The van der Waals surface area contributed by atoms with Crippen molar-refractivity contribution in [2.24, 2.45) is 0 Å². The van der Waals surface area contributed by atoms with E-state index in [1.54, 1.807) is 7.11 Å². The number of nitrogens with zero attached hydrogens (tertiary/aromatic N) is 2. The van der Waals surface area contributed by atoms with E-state index in [1.807, 2.05) is 84.9 Å². The molecule has 1 unspecified atom stereocenters. The number of carbonyl (C=O) groups is 1. The van der Waals surface area contributed by atoms with Gasteiger partial charge in [0.15, 0.2) is 23.8 Å². The Hall–Kier alpha value is -4.70. The number of anilines is 1. The van der Waals surface area contributed by atoms with Crippen LogP contribution in [0.5, 0.6) is 5.75 Å². The van der Waals surface area contributed by atoms with Gasteiger partial charge in [0.25, 0.3) is 5.91 Å². The third-order valence-electron chi connectivity index (χ3n) is 8.01. The fourth-order valence-corrected chi connectivity index (χ4v) is 5.83. The van der Waals surface area contributed by atoms with E-state index in [4.69, 9.17) is 15.9 Å². The lowest BCUT2D eigenvalue weighted by Gasteiger charge is -2.41. The average Bonchev–Trinajstić information content (AvgIpc) is 3.59. The lowest BCUT2D eigenvalue weighted by molar-refractivity contribution is -0.0730. The quantitative estimate of drug-likeness (QED) is 0.135. The maximum Gasteiger partial charge on any atom is 0.276 e. The maximum atomic E-state index is 13.4. The predicted molar refractivity (Wildman–Crippen MR) is 157 cm³/mol. The van der Waals surface area contributed by atoms with Crippen molar-refractivity contribution >= 4 is 11.7 Å². The second kappa shape index (κ2) is 11.2. The van der Waals surface area contributed by atoms with Crippen LogP contribution in [0.3, 0.4) is 0 Å². The number of aromatic nitrogens is 2. The monoisotopic (exact) mass is 581 g/mol. The normalized spacial score (nSPS) is 24.9. The highest BCUT2D eigenvalue weighted by Crippen LogP contribution is 2.42. The molecule has 1 fully saturated rings. The number of rotatable bonds is 8. The van der Waals surface area contributed by atoms with Crippen molar-refractivity contribution in [3.63, 3.8) is 0 Å². The highest BCUT2D eigenvalue weighted by Gasteiger charge is 2.56. The number of terminal acetylenes is 1. The number of hydrogen-bond donors (Lipinski definition) is 6. The Morgan fingerprint density at radius 1 is 1.05 bits per heavy atom. The molecule has 5 atom stereocenters. The van der Waals surface area contributed by atoms with Crippen molar-refractivity contribution in [3.8, 4) is 18.1 Å². The summed E-state index contributed by atoms with van der Waals surface area (Å²) in [5, 5.41) is 41.4. The molecule has 0 saturated carbocycles. The fourth-order valence-electron chi connectivity index (χ4n) is 5.83. The molecular weight excluding hydrogens is 550 g/mol. The van der Waals surface area contributed by atoms with E-state index in [9.17, 15) is 20.1 Å². The van der Waals surface area contributed by atoms with E-state index in [0.717, 1.165) is 16.7 Å². The van der Waals surface area contributed by atoms with E-state index < -0.39 is 48.4 Å². The molecule has 1 aromatic heterocycles. The minimum absolute atomic E-state index is 0.0393. The van der Waals surface area contributed by atoms with Gasteiger partial charge < -0.3 is 35.4 Å². The summed E-state index contributed by atoms with van der Waals surface area (Å²) in [4.78, 5) is 17.6. The first-order valence-electron chi connectivity index (χ1n) is 13.7. The summed E-state index contributed by atoms with van der Waals surface area (Å²) in [6.45, 7) is -0.574. The van der Waals surface area contributed by atoms with E-state index in [1.165, 1.54) is 10.9 Å². The first-order chi connectivity index (χ1) is 20.8. The smallest absolute Gasteiger partial charge is 0.276 e. The van der Waals surface area contributed by atoms with E-state index in [0.29, 0.717) is 5.75 Å². The molecule has 0 bridgehead atoms. The molecule has 3 heterocycles. The van der Waals surface area contributed by atoms with Crippen LogP contribution >= 0.6 is 0 Å². The number of carbonyl (C=O) groups excluding carboxylic acids is 1. The van der Waals surface area contributed by atoms with E-state index in [-0.39, 0.29) is 11.5 Å². The number of ether oxygens (including phenoxy) is 2. The number of hydrogen-bond acceptors (Lipinski definition) is 9. The largest absolute Gasteiger partial charge is 0.497 e. The minimum Gasteiger partial charge on any atom is -0.497 e. The van der Waals surface area contributed by atoms with Gasteiger partial charge in [-0.2, -0.15) is 0 Å². The number of aliphatic hydroxyl groups excluding tert-OH is 2. The molecule has 11 heteroatoms. The van der Waals surface area contributed by atoms with Crippen LogP contribution in [0.2, 0.25) is 0 Å². The van der Waals surface area contributed by atoms with Crippen molar-refractivity contribution in [1.82, 2.24) is 20.2 Å². The van der Waals surface area contributed by atoms with E-state index >= 15 is 0 Å². The number of nitrogens with one attached hydrogen (secondary N) is 3. The SMILES string of the molecule is C#C[C@@]1(O)[C@H](O)[C@@H](CO)O[C@@H]1n1cnc2c1NC(NC(c1ccccc1)(c1ccccc1)c1ccc(OC)cc1)NC2=O. The Morgan fingerprint density at radius 3 is 2.21 bits per heavy atom. The molecule has 0 aliphatic carbocycles. The maximum absolute atomic E-state index is 13.4. The zero-order valence-corrected chi connectivity index (χ0v) is 23.2. The van der Waals surface area contributed by atoms with E-state index in [2.05, 4.69) is 26.9 Å². The molecule has 6 rings (SSSR count). The van der Waals surface area contributed by atoms with Crippen LogP contribution in [0.25, 0.3) is 0 Å². The van der Waals surface area contributed by atoms with Crippen molar-refractivity contribution < 1.29 is 29.6 Å². The van der Waals surface area contributed by atoms with Gasteiger partial charge in [0.05, 0.1) is 25.6 Å². The molecule has 220 valence electrons. The highest BCUT2D eigenvalue weighted by atomic mass is 16.6. The zero-order chi connectivity index (χ0) is 30.2. The van der Waals surface area contributed by atoms with Gasteiger partial charge >= 0.3 is 0 Å². The number of amides is 1. The van der Waals surface area contributed by atoms with Crippen LogP contribution in [0, 0.1) is 12.3 Å². The summed E-state index contributed by atoms with van der Waals surface area (Å²) in [6, 6.07) is 27.3. The third kappa shape index (κ3) is 4.62. The molecule has 6 N–H and O–H groups in total. The minimum atomic E-state index is -2.19. The highest BCUT2D eigenvalue weighted by molar-refractivity contribution is 5.99. The first kappa shape index (κ1) is 28.4. The topological polar surface area (TPSA) is 150 Å². The Morgan fingerprint density at radius 2 is 1.65 bits per heavy atom. The zero-order valence-electron chi connectivity index (χ0n) is 23.2.